The third-order valence-electron chi connectivity index (χ3n) is 1.75. The van der Waals surface area contributed by atoms with E-state index >= 15 is 0 Å². The smallest absolute Gasteiger partial charge is 1.00 e. The van der Waals surface area contributed by atoms with Crippen molar-refractivity contribution in [3.8, 4) is 0 Å². The van der Waals surface area contributed by atoms with E-state index in [9.17, 15) is 0 Å². The first-order valence-corrected chi connectivity index (χ1v) is 11.3. The van der Waals surface area contributed by atoms with E-state index in [-0.39, 0.29) is 25.6 Å². The summed E-state index contributed by atoms with van der Waals surface area (Å²) in [6.07, 6.45) is -0.857. The van der Waals surface area contributed by atoms with Crippen molar-refractivity contribution in [2.45, 2.75) is 6.10 Å². The molecule has 0 aliphatic carbocycles. The predicted molar refractivity (Wildman–Crippen MR) is 53.7 cm³/mol. The maximum atomic E-state index is 9.00. The molecule has 0 bridgehead atoms. The molecule has 0 saturated heterocycles. The second-order valence-electron chi connectivity index (χ2n) is 4.47. The van der Waals surface area contributed by atoms with Gasteiger partial charge >= 0.3 is 101 Å². The van der Waals surface area contributed by atoms with Gasteiger partial charge in [-0.2, -0.15) is 0 Å². The molecule has 0 aromatic rings. The van der Waals surface area contributed by atoms with E-state index in [0.29, 0.717) is 6.61 Å². The van der Waals surface area contributed by atoms with Crippen LogP contribution in [0.4, 0.5) is 0 Å². The third-order valence-corrected chi connectivity index (χ3v) is 5.80. The molecule has 97 valence electrons. The fourth-order valence-corrected chi connectivity index (χ4v) is 3.78. The SMILES string of the molecule is C[N+](C)(C)CC[O][Zn]([Cl])[O]CC(O)CO.[Cl-]. The van der Waals surface area contributed by atoms with Gasteiger partial charge in [0.05, 0.1) is 0 Å². The average Bonchev–Trinajstić information content (AvgIpc) is 2.12. The van der Waals surface area contributed by atoms with Gasteiger partial charge in [-0.1, -0.05) is 0 Å². The molecular weight excluding hydrogens is 310 g/mol. The van der Waals surface area contributed by atoms with Gasteiger partial charge in [-0.3, -0.25) is 0 Å². The Labute approximate surface area is 113 Å². The van der Waals surface area contributed by atoms with Crippen LogP contribution in [0.3, 0.4) is 0 Å². The van der Waals surface area contributed by atoms with Crippen LogP contribution >= 0.6 is 9.69 Å². The predicted octanol–water partition coefficient (Wildman–Crippen LogP) is -3.31. The largest absolute Gasteiger partial charge is 1.00 e. The van der Waals surface area contributed by atoms with E-state index in [0.717, 1.165) is 11.0 Å². The number of hydrogen-bond acceptors (Lipinski definition) is 4. The van der Waals surface area contributed by atoms with Crippen LogP contribution in [0.5, 0.6) is 0 Å². The molecule has 16 heavy (non-hydrogen) atoms. The van der Waals surface area contributed by atoms with Crippen LogP contribution in [0.1, 0.15) is 0 Å². The van der Waals surface area contributed by atoms with Gasteiger partial charge in [0.2, 0.25) is 0 Å². The van der Waals surface area contributed by atoms with E-state index in [2.05, 4.69) is 21.1 Å². The third kappa shape index (κ3) is 13.1. The van der Waals surface area contributed by atoms with Gasteiger partial charge in [-0.05, 0) is 0 Å². The van der Waals surface area contributed by atoms with E-state index in [1.807, 2.05) is 0 Å². The number of aliphatic hydroxyl groups excluding tert-OH is 2. The molecule has 8 heteroatoms. The van der Waals surface area contributed by atoms with Gasteiger partial charge in [0.1, 0.15) is 0 Å². The summed E-state index contributed by atoms with van der Waals surface area (Å²) in [5.41, 5.74) is 0. The molecule has 0 amide bonds. The zero-order chi connectivity index (χ0) is 11.9. The quantitative estimate of drug-likeness (QED) is 0.361. The normalized spacial score (nSPS) is 13.1. The summed E-state index contributed by atoms with van der Waals surface area (Å²) >= 11 is -2.82. The van der Waals surface area contributed by atoms with E-state index in [1.54, 1.807) is 0 Å². The molecule has 0 aromatic heterocycles. The molecule has 0 radical (unpaired) electrons. The average molecular weight is 331 g/mol. The molecule has 0 saturated carbocycles. The van der Waals surface area contributed by atoms with Crippen molar-refractivity contribution in [2.24, 2.45) is 0 Å². The van der Waals surface area contributed by atoms with E-state index < -0.39 is 21.8 Å². The second-order valence-corrected chi connectivity index (χ2v) is 9.86. The van der Waals surface area contributed by atoms with Crippen molar-refractivity contribution in [1.82, 2.24) is 0 Å². The minimum Gasteiger partial charge on any atom is -1.00 e. The Hall–Kier alpha value is 1.00. The Bertz CT molecular complexity index is 171. The van der Waals surface area contributed by atoms with Gasteiger partial charge < -0.3 is 12.4 Å². The van der Waals surface area contributed by atoms with Crippen molar-refractivity contribution in [1.29, 1.82) is 0 Å². The molecule has 0 heterocycles. The summed E-state index contributed by atoms with van der Waals surface area (Å²) in [5, 5.41) is 17.5. The van der Waals surface area contributed by atoms with Gasteiger partial charge in [-0.15, -0.1) is 0 Å². The maximum Gasteiger partial charge on any atom is -1.00 e. The summed E-state index contributed by atoms with van der Waals surface area (Å²) in [6.45, 7) is 1.19. The first kappa shape index (κ1) is 19.3. The molecule has 2 N–H and O–H groups in total. The number of hydrogen-bond donors (Lipinski definition) is 2. The molecule has 0 aromatic carbocycles. The number of halogens is 2. The molecule has 0 rings (SSSR count). The van der Waals surface area contributed by atoms with Crippen LogP contribution < -0.4 is 12.4 Å². The minimum atomic E-state index is -2.82. The minimum absolute atomic E-state index is 0. The van der Waals surface area contributed by atoms with E-state index in [4.69, 9.17) is 27.0 Å². The van der Waals surface area contributed by atoms with Gasteiger partial charge in [0, 0.05) is 0 Å². The van der Waals surface area contributed by atoms with E-state index in [1.165, 1.54) is 0 Å². The summed E-state index contributed by atoms with van der Waals surface area (Å²) in [4.78, 5) is 0. The fraction of sp³-hybridized carbons (Fsp3) is 1.00. The monoisotopic (exact) mass is 328 g/mol. The van der Waals surface area contributed by atoms with Crippen LogP contribution in [-0.4, -0.2) is 68.3 Å². The molecule has 5 nitrogen and oxygen atoms in total. The zero-order valence-electron chi connectivity index (χ0n) is 10.0. The Morgan fingerprint density at radius 1 is 1.31 bits per heavy atom. The Morgan fingerprint density at radius 2 is 1.88 bits per heavy atom. The summed E-state index contributed by atoms with van der Waals surface area (Å²) in [5.74, 6) is 0. The summed E-state index contributed by atoms with van der Waals surface area (Å²) in [7, 11) is 12.1. The summed E-state index contributed by atoms with van der Waals surface area (Å²) < 4.78 is 11.3. The van der Waals surface area contributed by atoms with Crippen molar-refractivity contribution in [3.63, 3.8) is 0 Å². The van der Waals surface area contributed by atoms with Gasteiger partial charge in [0.15, 0.2) is 0 Å². The van der Waals surface area contributed by atoms with Crippen LogP contribution in [0.2, 0.25) is 0 Å². The standard InChI is InChI=1S/C5H13NO.C3H7O3.2ClH.Zn/c1-6(2,3)4-5-7;4-1-3(6)2-5;;;/h4-5H2,1-3H3;3-4,6H,1-2H2;2*1H;/q;-1;;;+3/p-2. The number of quaternary nitrogens is 1. The van der Waals surface area contributed by atoms with Gasteiger partial charge in [0.25, 0.3) is 0 Å². The summed E-state index contributed by atoms with van der Waals surface area (Å²) in [6, 6.07) is 0. The van der Waals surface area contributed by atoms with Crippen LogP contribution in [-0.2, 0) is 22.8 Å². The topological polar surface area (TPSA) is 58.9 Å². The molecule has 0 aliphatic rings. The van der Waals surface area contributed by atoms with Crippen molar-refractivity contribution in [2.75, 3.05) is 47.5 Å². The van der Waals surface area contributed by atoms with Crippen molar-refractivity contribution < 1.29 is 49.9 Å². The first-order valence-electron chi connectivity index (χ1n) is 4.97. The number of rotatable bonds is 8. The molecule has 0 spiro atoms. The number of nitrogens with zero attached hydrogens (tertiary/aromatic N) is 1. The Kier molecular flexibility index (Phi) is 12.1. The Morgan fingerprint density at radius 3 is 2.31 bits per heavy atom. The molecule has 1 unspecified atom stereocenters. The zero-order valence-corrected chi connectivity index (χ0v) is 14.5. The molecular formula is C8H20Cl2NO4Zn. The number of likely N-dealkylation sites (N-methyl/N-ethyl adjacent to an activating group) is 1. The fourth-order valence-electron chi connectivity index (χ4n) is 0.792. The molecule has 1 atom stereocenters. The van der Waals surface area contributed by atoms with Crippen LogP contribution in [0.25, 0.3) is 0 Å². The van der Waals surface area contributed by atoms with Crippen molar-refractivity contribution >= 4 is 9.69 Å². The number of aliphatic hydroxyl groups is 2. The van der Waals surface area contributed by atoms with Crippen molar-refractivity contribution in [3.05, 3.63) is 0 Å². The first-order chi connectivity index (χ1) is 6.85. The Balaban J connectivity index is 0. The maximum absolute atomic E-state index is 9.00. The van der Waals surface area contributed by atoms with Crippen LogP contribution in [0.15, 0.2) is 0 Å². The van der Waals surface area contributed by atoms with Crippen LogP contribution in [0, 0.1) is 0 Å². The molecule has 0 fully saturated rings. The van der Waals surface area contributed by atoms with Gasteiger partial charge in [-0.25, -0.2) is 0 Å². The molecule has 0 aliphatic heterocycles. The second kappa shape index (κ2) is 9.98.